The molecule has 3 aliphatic carbocycles. The van der Waals surface area contributed by atoms with E-state index in [2.05, 4.69) is 34.0 Å². The van der Waals surface area contributed by atoms with E-state index in [0.29, 0.717) is 17.4 Å². The van der Waals surface area contributed by atoms with Crippen LogP contribution in [0.1, 0.15) is 59.8 Å². The fourth-order valence-electron chi connectivity index (χ4n) is 4.46. The summed E-state index contributed by atoms with van der Waals surface area (Å²) in [5, 5.41) is 0. The third-order valence-electron chi connectivity index (χ3n) is 5.89. The maximum Gasteiger partial charge on any atom is 0.460 e. The molecule has 1 heterocycles. The molecule has 1 radical (unpaired) electrons. The highest BCUT2D eigenvalue weighted by Crippen LogP contribution is 2.65. The molecule has 0 spiro atoms. The first-order chi connectivity index (χ1) is 8.48. The van der Waals surface area contributed by atoms with Gasteiger partial charge in [0, 0.05) is 0 Å². The summed E-state index contributed by atoms with van der Waals surface area (Å²) >= 11 is 0. The molecule has 4 rings (SSSR count). The normalized spacial score (nSPS) is 44.7. The number of rotatable bonds is 4. The molecule has 1 saturated heterocycles. The van der Waals surface area contributed by atoms with Crippen LogP contribution in [0.25, 0.3) is 0 Å². The molecule has 0 unspecified atom stereocenters. The van der Waals surface area contributed by atoms with Gasteiger partial charge in [-0.1, -0.05) is 40.0 Å². The van der Waals surface area contributed by atoms with Crippen molar-refractivity contribution in [3.8, 4) is 0 Å². The molecule has 1 aliphatic heterocycles. The Labute approximate surface area is 112 Å². The molecule has 18 heavy (non-hydrogen) atoms. The summed E-state index contributed by atoms with van der Waals surface area (Å²) in [6.45, 7) is 9.32. The molecule has 0 N–H and O–H groups in total. The standard InChI is InChI=1S/C15H26BO2/c1-5-6-7-8-16-17-13-10-11-9-12(14(11,2)3)15(13,4)18-16/h8,11-13H,5-7,9-10H2,1-4H3/t11-,12-,13+,15-/m0/s1. The van der Waals surface area contributed by atoms with Crippen molar-refractivity contribution in [2.24, 2.45) is 17.3 Å². The van der Waals surface area contributed by atoms with Crippen molar-refractivity contribution in [1.29, 1.82) is 0 Å². The SMILES string of the molecule is CCCC[CH]B1O[C@@H]2C[C@@H]3C[C@@H](C3(C)C)[C@]2(C)O1. The van der Waals surface area contributed by atoms with Crippen molar-refractivity contribution in [2.45, 2.75) is 71.5 Å². The van der Waals surface area contributed by atoms with Crippen LogP contribution in [0, 0.1) is 23.6 Å². The molecule has 2 nitrogen and oxygen atoms in total. The van der Waals surface area contributed by atoms with E-state index in [1.807, 2.05) is 0 Å². The molecule has 4 aliphatic rings. The largest absolute Gasteiger partial charge is 0.460 e. The maximum absolute atomic E-state index is 6.31. The van der Waals surface area contributed by atoms with E-state index < -0.39 is 0 Å². The van der Waals surface area contributed by atoms with Gasteiger partial charge < -0.3 is 9.31 Å². The fourth-order valence-corrected chi connectivity index (χ4v) is 4.46. The summed E-state index contributed by atoms with van der Waals surface area (Å²) in [7, 11) is -0.0540. The van der Waals surface area contributed by atoms with Crippen LogP contribution in [0.2, 0.25) is 0 Å². The Kier molecular flexibility index (Phi) is 3.06. The van der Waals surface area contributed by atoms with E-state index in [9.17, 15) is 0 Å². The van der Waals surface area contributed by atoms with Crippen LogP contribution in [0.4, 0.5) is 0 Å². The Balaban J connectivity index is 1.65. The summed E-state index contributed by atoms with van der Waals surface area (Å²) in [5.74, 6) is 1.52. The van der Waals surface area contributed by atoms with Gasteiger partial charge in [-0.3, -0.25) is 0 Å². The lowest BCUT2D eigenvalue weighted by Crippen LogP contribution is -2.65. The molecule has 4 fully saturated rings. The zero-order valence-corrected chi connectivity index (χ0v) is 12.2. The second-order valence-electron chi connectivity index (χ2n) is 7.22. The van der Waals surface area contributed by atoms with Crippen molar-refractivity contribution >= 4 is 7.12 Å². The van der Waals surface area contributed by atoms with E-state index in [-0.39, 0.29) is 12.7 Å². The molecule has 0 amide bonds. The molecular formula is C15H26BO2. The van der Waals surface area contributed by atoms with Gasteiger partial charge in [0.25, 0.3) is 0 Å². The van der Waals surface area contributed by atoms with E-state index >= 15 is 0 Å². The number of hydrogen-bond donors (Lipinski definition) is 0. The van der Waals surface area contributed by atoms with E-state index in [4.69, 9.17) is 9.31 Å². The molecule has 0 aromatic rings. The molecule has 3 saturated carbocycles. The molecule has 101 valence electrons. The number of hydrogen-bond acceptors (Lipinski definition) is 2. The van der Waals surface area contributed by atoms with Crippen molar-refractivity contribution in [3.63, 3.8) is 0 Å². The third-order valence-corrected chi connectivity index (χ3v) is 5.89. The van der Waals surface area contributed by atoms with E-state index in [1.54, 1.807) is 0 Å². The zero-order chi connectivity index (χ0) is 13.0. The van der Waals surface area contributed by atoms with Gasteiger partial charge in [-0.15, -0.1) is 0 Å². The van der Waals surface area contributed by atoms with Gasteiger partial charge in [0.05, 0.1) is 11.7 Å². The van der Waals surface area contributed by atoms with Crippen LogP contribution in [-0.4, -0.2) is 18.8 Å². The van der Waals surface area contributed by atoms with E-state index in [0.717, 1.165) is 12.3 Å². The smallest absolute Gasteiger partial charge is 0.405 e. The van der Waals surface area contributed by atoms with Gasteiger partial charge in [0.2, 0.25) is 0 Å². The first kappa shape index (κ1) is 13.0. The summed E-state index contributed by atoms with van der Waals surface area (Å²) in [4.78, 5) is 0. The Morgan fingerprint density at radius 2 is 2.06 bits per heavy atom. The molecule has 0 aromatic heterocycles. The minimum absolute atomic E-state index is 0.0361. The average Bonchev–Trinajstić information content (AvgIpc) is 2.64. The second-order valence-corrected chi connectivity index (χ2v) is 7.22. The van der Waals surface area contributed by atoms with E-state index in [1.165, 1.54) is 25.7 Å². The molecule has 0 aromatic carbocycles. The van der Waals surface area contributed by atoms with Gasteiger partial charge in [-0.2, -0.15) is 0 Å². The Bertz CT molecular complexity index is 330. The van der Waals surface area contributed by atoms with Crippen molar-refractivity contribution in [2.75, 3.05) is 0 Å². The van der Waals surface area contributed by atoms with Gasteiger partial charge in [0.1, 0.15) is 0 Å². The molecular weight excluding hydrogens is 223 g/mol. The topological polar surface area (TPSA) is 18.5 Å². The Morgan fingerprint density at radius 3 is 2.72 bits per heavy atom. The first-order valence-corrected chi connectivity index (χ1v) is 7.65. The fraction of sp³-hybridized carbons (Fsp3) is 0.933. The quantitative estimate of drug-likeness (QED) is 0.559. The van der Waals surface area contributed by atoms with Crippen LogP contribution in [-0.2, 0) is 9.31 Å². The van der Waals surface area contributed by atoms with Crippen LogP contribution in [0.3, 0.4) is 0 Å². The highest BCUT2D eigenvalue weighted by atomic mass is 16.7. The van der Waals surface area contributed by atoms with Gasteiger partial charge in [0.15, 0.2) is 0 Å². The maximum atomic E-state index is 6.31. The lowest BCUT2D eigenvalue weighted by Gasteiger charge is -2.64. The summed E-state index contributed by atoms with van der Waals surface area (Å²) in [6.07, 6.45) is 8.68. The van der Waals surface area contributed by atoms with Crippen LogP contribution >= 0.6 is 0 Å². The minimum Gasteiger partial charge on any atom is -0.405 e. The monoisotopic (exact) mass is 249 g/mol. The first-order valence-electron chi connectivity index (χ1n) is 7.65. The highest BCUT2D eigenvalue weighted by Gasteiger charge is 2.67. The molecule has 2 bridgehead atoms. The Hall–Kier alpha value is -0.0151. The van der Waals surface area contributed by atoms with Gasteiger partial charge in [-0.05, 0) is 43.3 Å². The number of unbranched alkanes of at least 4 members (excludes halogenated alkanes) is 2. The average molecular weight is 249 g/mol. The highest BCUT2D eigenvalue weighted by molar-refractivity contribution is 6.49. The summed E-state index contributed by atoms with van der Waals surface area (Å²) < 4.78 is 12.4. The molecule has 3 heteroatoms. The second kappa shape index (κ2) is 4.24. The van der Waals surface area contributed by atoms with Crippen molar-refractivity contribution in [1.82, 2.24) is 0 Å². The predicted octanol–water partition coefficient (Wildman–Crippen LogP) is 3.65. The zero-order valence-electron chi connectivity index (χ0n) is 12.2. The van der Waals surface area contributed by atoms with Crippen molar-refractivity contribution in [3.05, 3.63) is 6.32 Å². The van der Waals surface area contributed by atoms with Crippen molar-refractivity contribution < 1.29 is 9.31 Å². The predicted molar refractivity (Wildman–Crippen MR) is 73.9 cm³/mol. The van der Waals surface area contributed by atoms with Gasteiger partial charge >= 0.3 is 7.12 Å². The van der Waals surface area contributed by atoms with Crippen LogP contribution in [0.15, 0.2) is 0 Å². The lowest BCUT2D eigenvalue weighted by molar-refractivity contribution is -0.199. The third kappa shape index (κ3) is 1.70. The van der Waals surface area contributed by atoms with Crippen LogP contribution < -0.4 is 0 Å². The summed E-state index contributed by atoms with van der Waals surface area (Å²) in [5.41, 5.74) is 0.415. The van der Waals surface area contributed by atoms with Gasteiger partial charge in [-0.25, -0.2) is 0 Å². The minimum atomic E-state index is -0.0540. The van der Waals surface area contributed by atoms with Crippen LogP contribution in [0.5, 0.6) is 0 Å². The molecule has 4 atom stereocenters. The Morgan fingerprint density at radius 1 is 1.28 bits per heavy atom. The lowest BCUT2D eigenvalue weighted by atomic mass is 9.43. The summed E-state index contributed by atoms with van der Waals surface area (Å²) in [6, 6.07) is 0.